The second-order valence-corrected chi connectivity index (χ2v) is 3.51. The van der Waals surface area contributed by atoms with Crippen LogP contribution in [0.2, 0.25) is 0 Å². The molecule has 0 radical (unpaired) electrons. The summed E-state index contributed by atoms with van der Waals surface area (Å²) in [6, 6.07) is 3.83. The molecule has 1 rings (SSSR count). The van der Waals surface area contributed by atoms with E-state index in [1.807, 2.05) is 45.1 Å². The predicted octanol–water partition coefficient (Wildman–Crippen LogP) is 2.82. The third kappa shape index (κ3) is 3.56. The molecule has 82 valence electrons. The van der Waals surface area contributed by atoms with Crippen LogP contribution in [0.4, 0.5) is 5.69 Å². The Bertz CT molecular complexity index is 433. The van der Waals surface area contributed by atoms with Gasteiger partial charge in [-0.15, -0.1) is 0 Å². The predicted molar refractivity (Wildman–Crippen MR) is 74.0 cm³/mol. The van der Waals surface area contributed by atoms with E-state index in [0.717, 1.165) is 20.6 Å². The molecule has 0 bridgehead atoms. The van der Waals surface area contributed by atoms with Gasteiger partial charge in [0.25, 0.3) is 0 Å². The highest BCUT2D eigenvalue weighted by atomic mass is 79.9. The lowest BCUT2D eigenvalue weighted by Gasteiger charge is -1.98. The molecule has 0 fully saturated rings. The van der Waals surface area contributed by atoms with Crippen molar-refractivity contribution in [3.8, 4) is 0 Å². The Kier molecular flexibility index (Phi) is 6.80. The lowest BCUT2D eigenvalue weighted by Crippen LogP contribution is -2.28. The molecule has 0 saturated carbocycles. The molecular weight excluding hydrogens is 250 g/mol. The van der Waals surface area contributed by atoms with Gasteiger partial charge < -0.3 is 5.73 Å². The number of anilines is 1. The zero-order chi connectivity index (χ0) is 11.8. The van der Waals surface area contributed by atoms with Gasteiger partial charge in [-0.05, 0) is 24.3 Å². The van der Waals surface area contributed by atoms with Crippen molar-refractivity contribution in [2.45, 2.75) is 20.8 Å². The first-order chi connectivity index (χ1) is 7.20. The zero-order valence-electron chi connectivity index (χ0n) is 9.55. The number of nitrogen functional groups attached to an aromatic ring is 1. The molecule has 0 unspecified atom stereocenters. The van der Waals surface area contributed by atoms with Gasteiger partial charge >= 0.3 is 0 Å². The van der Waals surface area contributed by atoms with Gasteiger partial charge in [0, 0.05) is 15.4 Å². The number of allylic oxidation sites excluding steroid dienone is 1. The van der Waals surface area contributed by atoms with Crippen molar-refractivity contribution in [1.82, 2.24) is 0 Å². The first-order valence-electron chi connectivity index (χ1n) is 5.03. The summed E-state index contributed by atoms with van der Waals surface area (Å²) in [6.07, 6.45) is 5.68. The number of nitrogens with two attached hydrogens (primary N) is 1. The summed E-state index contributed by atoms with van der Waals surface area (Å²) in [5.74, 6) is 0. The SMILES string of the molecule is C=C/C=c1/c(N)ccc(Br)/c1=C/C.CC. The fraction of sp³-hybridized carbons (Fsp3) is 0.231. The number of rotatable bonds is 1. The lowest BCUT2D eigenvalue weighted by molar-refractivity contribution is 1.46. The van der Waals surface area contributed by atoms with Crippen molar-refractivity contribution in [2.75, 3.05) is 5.73 Å². The van der Waals surface area contributed by atoms with Crippen LogP contribution in [0, 0.1) is 0 Å². The van der Waals surface area contributed by atoms with Crippen LogP contribution in [-0.2, 0) is 0 Å². The summed E-state index contributed by atoms with van der Waals surface area (Å²) >= 11 is 3.47. The molecule has 0 aliphatic heterocycles. The molecule has 2 N–H and O–H groups in total. The zero-order valence-corrected chi connectivity index (χ0v) is 11.1. The van der Waals surface area contributed by atoms with E-state index in [1.165, 1.54) is 0 Å². The number of hydrogen-bond acceptors (Lipinski definition) is 1. The largest absolute Gasteiger partial charge is 0.398 e. The molecular formula is C13H18BrN. The third-order valence-electron chi connectivity index (χ3n) is 1.84. The molecule has 15 heavy (non-hydrogen) atoms. The van der Waals surface area contributed by atoms with Crippen molar-refractivity contribution in [3.05, 3.63) is 39.7 Å². The fourth-order valence-corrected chi connectivity index (χ4v) is 1.80. The topological polar surface area (TPSA) is 26.0 Å². The number of halogens is 1. The van der Waals surface area contributed by atoms with Gasteiger partial charge in [0.1, 0.15) is 0 Å². The van der Waals surface area contributed by atoms with Gasteiger partial charge in [-0.3, -0.25) is 0 Å². The van der Waals surface area contributed by atoms with Crippen LogP contribution in [0.1, 0.15) is 20.8 Å². The smallest absolute Gasteiger partial charge is 0.0394 e. The van der Waals surface area contributed by atoms with Crippen molar-refractivity contribution in [2.24, 2.45) is 0 Å². The highest BCUT2D eigenvalue weighted by Crippen LogP contribution is 2.02. The summed E-state index contributed by atoms with van der Waals surface area (Å²) in [5, 5.41) is 2.13. The second-order valence-electron chi connectivity index (χ2n) is 2.66. The van der Waals surface area contributed by atoms with Crippen LogP contribution in [0.5, 0.6) is 0 Å². The number of benzene rings is 1. The highest BCUT2D eigenvalue weighted by Gasteiger charge is 1.94. The minimum absolute atomic E-state index is 0.774. The van der Waals surface area contributed by atoms with Crippen molar-refractivity contribution >= 4 is 33.8 Å². The Hall–Kier alpha value is -1.02. The van der Waals surface area contributed by atoms with Crippen molar-refractivity contribution in [3.63, 3.8) is 0 Å². The maximum atomic E-state index is 5.83. The summed E-state index contributed by atoms with van der Waals surface area (Å²) in [4.78, 5) is 0. The quantitative estimate of drug-likeness (QED) is 0.779. The standard InChI is InChI=1S/C11H12BrN.C2H6/c1-3-5-9-8(4-2)10(12)6-7-11(9)13;1-2/h3-7H,1,13H2,2H3;1-2H3/b8-4+,9-5+;. The maximum absolute atomic E-state index is 5.83. The molecule has 0 spiro atoms. The van der Waals surface area contributed by atoms with Gasteiger partial charge in [0.05, 0.1) is 0 Å². The third-order valence-corrected chi connectivity index (χ3v) is 2.53. The Morgan fingerprint density at radius 3 is 2.33 bits per heavy atom. The molecule has 0 heterocycles. The van der Waals surface area contributed by atoms with Gasteiger partial charge in [0.2, 0.25) is 0 Å². The highest BCUT2D eigenvalue weighted by molar-refractivity contribution is 9.10. The van der Waals surface area contributed by atoms with E-state index in [0.29, 0.717) is 0 Å². The summed E-state index contributed by atoms with van der Waals surface area (Å²) < 4.78 is 1.05. The van der Waals surface area contributed by atoms with Crippen LogP contribution in [-0.4, -0.2) is 0 Å². The van der Waals surface area contributed by atoms with E-state index in [2.05, 4.69) is 22.5 Å². The molecule has 2 heteroatoms. The summed E-state index contributed by atoms with van der Waals surface area (Å²) in [5.41, 5.74) is 6.61. The summed E-state index contributed by atoms with van der Waals surface area (Å²) in [6.45, 7) is 9.65. The van der Waals surface area contributed by atoms with Crippen LogP contribution >= 0.6 is 15.9 Å². The molecule has 1 aromatic carbocycles. The first-order valence-corrected chi connectivity index (χ1v) is 5.83. The van der Waals surface area contributed by atoms with Crippen molar-refractivity contribution < 1.29 is 0 Å². The van der Waals surface area contributed by atoms with Crippen LogP contribution < -0.4 is 16.2 Å². The molecule has 0 saturated heterocycles. The van der Waals surface area contributed by atoms with Crippen LogP contribution in [0.25, 0.3) is 12.2 Å². The fourth-order valence-electron chi connectivity index (χ4n) is 1.22. The Labute approximate surface area is 100 Å². The Balaban J connectivity index is 0.000000921. The Morgan fingerprint density at radius 2 is 1.87 bits per heavy atom. The van der Waals surface area contributed by atoms with E-state index in [1.54, 1.807) is 6.08 Å². The normalized spacial score (nSPS) is 12.0. The van der Waals surface area contributed by atoms with Crippen molar-refractivity contribution in [1.29, 1.82) is 0 Å². The van der Waals surface area contributed by atoms with Crippen LogP contribution in [0.15, 0.2) is 29.3 Å². The van der Waals surface area contributed by atoms with Crippen LogP contribution in [0.3, 0.4) is 0 Å². The van der Waals surface area contributed by atoms with Gasteiger partial charge in [0.15, 0.2) is 0 Å². The Morgan fingerprint density at radius 1 is 1.27 bits per heavy atom. The summed E-state index contributed by atoms with van der Waals surface area (Å²) in [7, 11) is 0. The molecule has 1 nitrogen and oxygen atoms in total. The van der Waals surface area contributed by atoms with E-state index in [9.17, 15) is 0 Å². The molecule has 0 atom stereocenters. The average Bonchev–Trinajstić information content (AvgIpc) is 2.27. The van der Waals surface area contributed by atoms with Gasteiger partial charge in [-0.25, -0.2) is 0 Å². The van der Waals surface area contributed by atoms with E-state index in [-0.39, 0.29) is 0 Å². The second kappa shape index (κ2) is 7.30. The number of hydrogen-bond donors (Lipinski definition) is 1. The molecule has 0 aliphatic carbocycles. The maximum Gasteiger partial charge on any atom is 0.0394 e. The monoisotopic (exact) mass is 267 g/mol. The molecule has 0 aromatic heterocycles. The molecule has 1 aromatic rings. The minimum atomic E-state index is 0.774. The van der Waals surface area contributed by atoms with Gasteiger partial charge in [-0.2, -0.15) is 0 Å². The average molecular weight is 268 g/mol. The lowest BCUT2D eigenvalue weighted by atomic mass is 10.2. The first kappa shape index (κ1) is 14.0. The molecule has 0 aliphatic rings. The molecule has 0 amide bonds. The van der Waals surface area contributed by atoms with E-state index in [4.69, 9.17) is 5.73 Å². The minimum Gasteiger partial charge on any atom is -0.398 e. The van der Waals surface area contributed by atoms with E-state index >= 15 is 0 Å². The van der Waals surface area contributed by atoms with E-state index < -0.39 is 0 Å². The van der Waals surface area contributed by atoms with Gasteiger partial charge in [-0.1, -0.05) is 54.6 Å².